The maximum atomic E-state index is 13.4. The number of hydrogen-bond acceptors (Lipinski definition) is 6. The minimum atomic E-state index is -0.0880. The average Bonchev–Trinajstić information content (AvgIpc) is 3.42. The van der Waals surface area contributed by atoms with E-state index in [1.807, 2.05) is 12.1 Å². The van der Waals surface area contributed by atoms with E-state index in [-0.39, 0.29) is 11.9 Å². The number of methoxy groups -OCH3 is 2. The van der Waals surface area contributed by atoms with Crippen molar-refractivity contribution in [2.45, 2.75) is 50.7 Å². The van der Waals surface area contributed by atoms with Crippen LogP contribution in [0.4, 0.5) is 0 Å². The monoisotopic (exact) mass is 430 g/mol. The van der Waals surface area contributed by atoms with Crippen molar-refractivity contribution in [3.63, 3.8) is 0 Å². The molecule has 2 aliphatic heterocycles. The second kappa shape index (κ2) is 10.8. The fourth-order valence-corrected chi connectivity index (χ4v) is 5.52. The highest BCUT2D eigenvalue weighted by Gasteiger charge is 2.44. The number of carbonyl (C=O) groups is 1. The third-order valence-electron chi connectivity index (χ3n) is 7.34. The third kappa shape index (κ3) is 5.40. The van der Waals surface area contributed by atoms with Crippen molar-refractivity contribution >= 4 is 5.91 Å². The number of nitrogens with one attached hydrogen (secondary N) is 2. The lowest BCUT2D eigenvalue weighted by molar-refractivity contribution is -0.135. The zero-order chi connectivity index (χ0) is 21.6. The van der Waals surface area contributed by atoms with Gasteiger partial charge in [-0.3, -0.25) is 15.1 Å². The molecule has 1 saturated carbocycles. The van der Waals surface area contributed by atoms with Crippen LogP contribution < -0.4 is 15.6 Å². The van der Waals surface area contributed by atoms with E-state index in [1.54, 1.807) is 14.2 Å². The largest absolute Gasteiger partial charge is 0.496 e. The Morgan fingerprint density at radius 2 is 1.94 bits per heavy atom. The van der Waals surface area contributed by atoms with E-state index in [2.05, 4.69) is 32.8 Å². The van der Waals surface area contributed by atoms with Crippen LogP contribution >= 0.6 is 0 Å². The van der Waals surface area contributed by atoms with E-state index in [4.69, 9.17) is 9.47 Å². The number of fused-ring (bicyclic) bond motifs is 1. The third-order valence-corrected chi connectivity index (χ3v) is 7.34. The van der Waals surface area contributed by atoms with Gasteiger partial charge in [0, 0.05) is 44.3 Å². The van der Waals surface area contributed by atoms with E-state index in [0.29, 0.717) is 31.0 Å². The van der Waals surface area contributed by atoms with Gasteiger partial charge in [0.2, 0.25) is 5.91 Å². The number of carbonyl (C=O) groups excluding carboxylic acids is 1. The van der Waals surface area contributed by atoms with Gasteiger partial charge < -0.3 is 14.4 Å². The number of hydrazine groups is 1. The molecular formula is C24H38N4O3. The molecule has 3 aliphatic rings. The first kappa shape index (κ1) is 22.5. The van der Waals surface area contributed by atoms with Crippen molar-refractivity contribution in [3.8, 4) is 5.75 Å². The van der Waals surface area contributed by atoms with Crippen molar-refractivity contribution in [1.29, 1.82) is 0 Å². The summed E-state index contributed by atoms with van der Waals surface area (Å²) in [7, 11) is 3.45. The molecule has 2 heterocycles. The fraction of sp³-hybridized carbons (Fsp3) is 0.708. The van der Waals surface area contributed by atoms with E-state index < -0.39 is 0 Å². The van der Waals surface area contributed by atoms with Gasteiger partial charge in [-0.15, -0.1) is 0 Å². The van der Waals surface area contributed by atoms with Gasteiger partial charge in [-0.05, 0) is 50.8 Å². The van der Waals surface area contributed by atoms with Crippen LogP contribution in [0.5, 0.6) is 5.75 Å². The number of amides is 1. The van der Waals surface area contributed by atoms with Crippen molar-refractivity contribution < 1.29 is 14.3 Å². The Labute approximate surface area is 186 Å². The predicted molar refractivity (Wildman–Crippen MR) is 121 cm³/mol. The molecule has 2 saturated heterocycles. The Morgan fingerprint density at radius 1 is 1.13 bits per heavy atom. The summed E-state index contributed by atoms with van der Waals surface area (Å²) in [5, 5.41) is 0. The van der Waals surface area contributed by atoms with Crippen LogP contribution in [0.25, 0.3) is 0 Å². The minimum Gasteiger partial charge on any atom is -0.496 e. The summed E-state index contributed by atoms with van der Waals surface area (Å²) in [6, 6.07) is 8.64. The molecule has 1 aromatic rings. The lowest BCUT2D eigenvalue weighted by atomic mass is 9.93. The number of piperidine rings is 1. The van der Waals surface area contributed by atoms with Crippen molar-refractivity contribution in [2.75, 3.05) is 47.0 Å². The number of ether oxygens (including phenoxy) is 2. The molecule has 3 atom stereocenters. The molecule has 7 heteroatoms. The SMILES string of the molecule is COCCN(CC1CCN(Cc2ccccc2OC)CC1)C(=O)C1NNC2CCCC21. The second-order valence-electron chi connectivity index (χ2n) is 9.28. The maximum Gasteiger partial charge on any atom is 0.241 e. The minimum absolute atomic E-state index is 0.0880. The zero-order valence-electron chi connectivity index (χ0n) is 19.0. The van der Waals surface area contributed by atoms with Crippen LogP contribution in [0.15, 0.2) is 24.3 Å². The molecule has 1 aromatic carbocycles. The molecule has 1 aliphatic carbocycles. The van der Waals surface area contributed by atoms with Gasteiger partial charge in [-0.2, -0.15) is 0 Å². The fourth-order valence-electron chi connectivity index (χ4n) is 5.52. The number of para-hydroxylation sites is 1. The van der Waals surface area contributed by atoms with Crippen molar-refractivity contribution in [3.05, 3.63) is 29.8 Å². The van der Waals surface area contributed by atoms with Crippen molar-refractivity contribution in [1.82, 2.24) is 20.7 Å². The van der Waals surface area contributed by atoms with Crippen LogP contribution in [0.3, 0.4) is 0 Å². The van der Waals surface area contributed by atoms with Gasteiger partial charge in [0.1, 0.15) is 11.8 Å². The molecule has 4 rings (SSSR count). The van der Waals surface area contributed by atoms with E-state index in [0.717, 1.165) is 51.2 Å². The standard InChI is InChI=1S/C24H38N4O3/c1-30-15-14-28(24(29)23-20-7-5-8-21(20)25-26-23)16-18-10-12-27(13-11-18)17-19-6-3-4-9-22(19)31-2/h3-4,6,9,18,20-21,23,25-26H,5,7-8,10-17H2,1-2H3. The summed E-state index contributed by atoms with van der Waals surface area (Å²) in [4.78, 5) is 17.9. The molecule has 172 valence electrons. The van der Waals surface area contributed by atoms with Gasteiger partial charge in [-0.1, -0.05) is 24.6 Å². The molecule has 7 nitrogen and oxygen atoms in total. The Kier molecular flexibility index (Phi) is 7.82. The van der Waals surface area contributed by atoms with Crippen molar-refractivity contribution in [2.24, 2.45) is 11.8 Å². The molecule has 0 radical (unpaired) electrons. The Balaban J connectivity index is 1.30. The van der Waals surface area contributed by atoms with Gasteiger partial charge in [-0.25, -0.2) is 5.43 Å². The average molecular weight is 431 g/mol. The normalized spacial score (nSPS) is 26.7. The second-order valence-corrected chi connectivity index (χ2v) is 9.28. The summed E-state index contributed by atoms with van der Waals surface area (Å²) < 4.78 is 10.8. The topological polar surface area (TPSA) is 66.1 Å². The van der Waals surface area contributed by atoms with Gasteiger partial charge >= 0.3 is 0 Å². The highest BCUT2D eigenvalue weighted by Crippen LogP contribution is 2.32. The molecular weight excluding hydrogens is 392 g/mol. The summed E-state index contributed by atoms with van der Waals surface area (Å²) in [6.07, 6.45) is 5.77. The number of benzene rings is 1. The van der Waals surface area contributed by atoms with E-state index in [9.17, 15) is 4.79 Å². The first-order chi connectivity index (χ1) is 15.2. The van der Waals surface area contributed by atoms with Gasteiger partial charge in [0.05, 0.1) is 13.7 Å². The molecule has 3 unspecified atom stereocenters. The highest BCUT2D eigenvalue weighted by molar-refractivity contribution is 5.82. The summed E-state index contributed by atoms with van der Waals surface area (Å²) in [6.45, 7) is 5.13. The predicted octanol–water partition coefficient (Wildman–Crippen LogP) is 2.03. The molecule has 2 N–H and O–H groups in total. The number of rotatable bonds is 9. The quantitative estimate of drug-likeness (QED) is 0.625. The lowest BCUT2D eigenvalue weighted by Crippen LogP contribution is -2.50. The van der Waals surface area contributed by atoms with E-state index >= 15 is 0 Å². The molecule has 3 fully saturated rings. The number of nitrogens with zero attached hydrogens (tertiary/aromatic N) is 2. The number of likely N-dealkylation sites (tertiary alicyclic amines) is 1. The molecule has 0 bridgehead atoms. The first-order valence-electron chi connectivity index (χ1n) is 11.8. The number of hydrogen-bond donors (Lipinski definition) is 2. The van der Waals surface area contributed by atoms with Crippen LogP contribution in [0, 0.1) is 11.8 Å². The Bertz CT molecular complexity index is 723. The Hall–Kier alpha value is -1.67. The lowest BCUT2D eigenvalue weighted by Gasteiger charge is -2.36. The van der Waals surface area contributed by atoms with Gasteiger partial charge in [0.15, 0.2) is 0 Å². The van der Waals surface area contributed by atoms with Crippen LogP contribution in [-0.2, 0) is 16.1 Å². The summed E-state index contributed by atoms with van der Waals surface area (Å²) >= 11 is 0. The first-order valence-corrected chi connectivity index (χ1v) is 11.8. The smallest absolute Gasteiger partial charge is 0.241 e. The maximum absolute atomic E-state index is 13.4. The molecule has 1 amide bonds. The Morgan fingerprint density at radius 3 is 2.71 bits per heavy atom. The zero-order valence-corrected chi connectivity index (χ0v) is 19.0. The summed E-state index contributed by atoms with van der Waals surface area (Å²) in [5.41, 5.74) is 7.89. The molecule has 31 heavy (non-hydrogen) atoms. The van der Waals surface area contributed by atoms with Crippen LogP contribution in [0.2, 0.25) is 0 Å². The summed E-state index contributed by atoms with van der Waals surface area (Å²) in [5.74, 6) is 2.18. The van der Waals surface area contributed by atoms with Crippen LogP contribution in [0.1, 0.15) is 37.7 Å². The van der Waals surface area contributed by atoms with Crippen LogP contribution in [-0.4, -0.2) is 74.8 Å². The van der Waals surface area contributed by atoms with E-state index in [1.165, 1.54) is 18.4 Å². The highest BCUT2D eigenvalue weighted by atomic mass is 16.5. The molecule has 0 aromatic heterocycles. The van der Waals surface area contributed by atoms with Gasteiger partial charge in [0.25, 0.3) is 0 Å². The molecule has 0 spiro atoms.